The number of benzene rings is 2. The Morgan fingerprint density at radius 2 is 1.93 bits per heavy atom. The van der Waals surface area contributed by atoms with E-state index in [-0.39, 0.29) is 16.5 Å². The Morgan fingerprint density at radius 1 is 1.14 bits per heavy atom. The predicted molar refractivity (Wildman–Crippen MR) is 106 cm³/mol. The first-order valence-electron chi connectivity index (χ1n) is 8.08. The summed E-state index contributed by atoms with van der Waals surface area (Å²) < 4.78 is 6.58. The zero-order valence-electron chi connectivity index (χ0n) is 14.2. The normalized spacial score (nSPS) is 10.9. The molecule has 4 rings (SSSR count). The largest absolute Gasteiger partial charge is 0.411 e. The van der Waals surface area contributed by atoms with Crippen LogP contribution < -0.4 is 11.0 Å². The van der Waals surface area contributed by atoms with Gasteiger partial charge >= 0.3 is 0 Å². The molecule has 2 aromatic carbocycles. The zero-order chi connectivity index (χ0) is 19.5. The summed E-state index contributed by atoms with van der Waals surface area (Å²) in [6.45, 7) is 0. The van der Waals surface area contributed by atoms with Gasteiger partial charge in [0.25, 0.3) is 10.8 Å². The number of thioether (sulfide) groups is 1. The minimum absolute atomic E-state index is 0.0124. The number of fused-ring (bicyclic) bond motifs is 1. The minimum Gasteiger partial charge on any atom is -0.411 e. The fourth-order valence-corrected chi connectivity index (χ4v) is 3.10. The fourth-order valence-electron chi connectivity index (χ4n) is 2.42. The molecule has 1 amide bonds. The lowest BCUT2D eigenvalue weighted by molar-refractivity contribution is -0.114. The van der Waals surface area contributed by atoms with Crippen LogP contribution in [0.1, 0.15) is 0 Å². The number of hydrogen-bond donors (Lipinski definition) is 1. The fraction of sp³-hybridized carbons (Fsp3) is 0.0556. The van der Waals surface area contributed by atoms with E-state index in [0.717, 1.165) is 22.0 Å². The van der Waals surface area contributed by atoms with E-state index in [4.69, 9.17) is 16.0 Å². The Kier molecular flexibility index (Phi) is 5.09. The molecule has 10 heteroatoms. The molecule has 140 valence electrons. The summed E-state index contributed by atoms with van der Waals surface area (Å²) in [5.74, 6) is -0.0911. The molecule has 0 atom stereocenters. The molecular formula is C18H12ClN5O3S. The van der Waals surface area contributed by atoms with Crippen LogP contribution in [0.25, 0.3) is 22.4 Å². The van der Waals surface area contributed by atoms with Crippen LogP contribution in [0.2, 0.25) is 5.02 Å². The number of rotatable bonds is 5. The summed E-state index contributed by atoms with van der Waals surface area (Å²) in [4.78, 5) is 28.7. The molecule has 0 radical (unpaired) electrons. The highest BCUT2D eigenvalue weighted by atomic mass is 35.5. The van der Waals surface area contributed by atoms with Gasteiger partial charge in [0.2, 0.25) is 11.8 Å². The number of carbonyl (C=O) groups is 1. The van der Waals surface area contributed by atoms with Gasteiger partial charge in [-0.25, -0.2) is 9.66 Å². The molecule has 0 spiro atoms. The van der Waals surface area contributed by atoms with Crippen LogP contribution in [0, 0.1) is 0 Å². The first-order valence-corrected chi connectivity index (χ1v) is 9.45. The van der Waals surface area contributed by atoms with Gasteiger partial charge in [-0.15, -0.1) is 10.2 Å². The number of amides is 1. The molecule has 0 saturated heterocycles. The van der Waals surface area contributed by atoms with Gasteiger partial charge in [0.05, 0.1) is 16.7 Å². The molecule has 1 N–H and O–H groups in total. The van der Waals surface area contributed by atoms with Gasteiger partial charge in [0, 0.05) is 10.6 Å². The topological polar surface area (TPSA) is 103 Å². The minimum atomic E-state index is -0.407. The molecule has 0 fully saturated rings. The summed E-state index contributed by atoms with van der Waals surface area (Å²) in [5, 5.41) is 9.12. The third-order valence-corrected chi connectivity index (χ3v) is 4.81. The van der Waals surface area contributed by atoms with Crippen LogP contribution >= 0.6 is 23.4 Å². The van der Waals surface area contributed by atoms with Crippen molar-refractivity contribution >= 4 is 40.2 Å². The summed E-state index contributed by atoms with van der Waals surface area (Å²) in [6.07, 6.45) is 1.28. The first-order chi connectivity index (χ1) is 13.6. The maximum absolute atomic E-state index is 12.4. The summed E-state index contributed by atoms with van der Waals surface area (Å²) in [6, 6.07) is 13.9. The Morgan fingerprint density at radius 3 is 2.75 bits per heavy atom. The monoisotopic (exact) mass is 413 g/mol. The molecule has 0 aliphatic heterocycles. The summed E-state index contributed by atoms with van der Waals surface area (Å²) in [5.41, 5.74) is 3.43. The molecule has 0 aliphatic carbocycles. The van der Waals surface area contributed by atoms with Crippen molar-refractivity contribution in [3.05, 3.63) is 70.2 Å². The van der Waals surface area contributed by atoms with Gasteiger partial charge in [0.15, 0.2) is 0 Å². The maximum atomic E-state index is 12.4. The van der Waals surface area contributed by atoms with Crippen molar-refractivity contribution < 1.29 is 9.21 Å². The van der Waals surface area contributed by atoms with Gasteiger partial charge in [-0.05, 0) is 36.4 Å². The quantitative estimate of drug-likeness (QED) is 0.501. The Labute approximate surface area is 167 Å². The van der Waals surface area contributed by atoms with Crippen LogP contribution in [0.5, 0.6) is 0 Å². The standard InChI is InChI=1S/C18H12ClN5O3S/c19-12-7-5-11(6-8-12)16-21-22-18(27-16)28-9-15(25)23-24-10-20-14-4-2-1-3-13(14)17(24)26/h1-8,10H,9H2,(H,23,25). The highest BCUT2D eigenvalue weighted by Gasteiger charge is 2.12. The summed E-state index contributed by atoms with van der Waals surface area (Å²) >= 11 is 6.92. The lowest BCUT2D eigenvalue weighted by Gasteiger charge is -2.07. The lowest BCUT2D eigenvalue weighted by atomic mass is 10.2. The predicted octanol–water partition coefficient (Wildman–Crippen LogP) is 2.96. The van der Waals surface area contributed by atoms with Gasteiger partial charge in [-0.1, -0.05) is 35.5 Å². The molecule has 2 aromatic heterocycles. The van der Waals surface area contributed by atoms with Crippen molar-refractivity contribution in [3.63, 3.8) is 0 Å². The van der Waals surface area contributed by atoms with Crippen molar-refractivity contribution in [1.82, 2.24) is 19.9 Å². The van der Waals surface area contributed by atoms with Crippen LogP contribution in [0.3, 0.4) is 0 Å². The number of carbonyl (C=O) groups excluding carboxylic acids is 1. The number of para-hydroxylation sites is 1. The van der Waals surface area contributed by atoms with E-state index in [9.17, 15) is 9.59 Å². The van der Waals surface area contributed by atoms with E-state index in [1.165, 1.54) is 6.33 Å². The van der Waals surface area contributed by atoms with E-state index in [1.54, 1.807) is 48.5 Å². The van der Waals surface area contributed by atoms with E-state index < -0.39 is 5.91 Å². The SMILES string of the molecule is O=C(CSc1nnc(-c2ccc(Cl)cc2)o1)Nn1cnc2ccccc2c1=O. The third kappa shape index (κ3) is 3.90. The number of aromatic nitrogens is 4. The Hall–Kier alpha value is -3.17. The van der Waals surface area contributed by atoms with E-state index in [0.29, 0.717) is 21.8 Å². The molecule has 2 heterocycles. The molecule has 0 saturated carbocycles. The Bertz CT molecular complexity index is 1210. The van der Waals surface area contributed by atoms with Gasteiger partial charge in [-0.3, -0.25) is 15.0 Å². The molecule has 4 aromatic rings. The van der Waals surface area contributed by atoms with Crippen molar-refractivity contribution in [2.45, 2.75) is 5.22 Å². The highest BCUT2D eigenvalue weighted by Crippen LogP contribution is 2.24. The molecular weight excluding hydrogens is 402 g/mol. The average Bonchev–Trinajstić information content (AvgIpc) is 3.18. The second-order valence-corrected chi connectivity index (χ2v) is 7.00. The maximum Gasteiger partial charge on any atom is 0.280 e. The first kappa shape index (κ1) is 18.2. The summed E-state index contributed by atoms with van der Waals surface area (Å²) in [7, 11) is 0. The van der Waals surface area contributed by atoms with Crippen LogP contribution in [-0.4, -0.2) is 31.5 Å². The van der Waals surface area contributed by atoms with Crippen LogP contribution in [0.4, 0.5) is 0 Å². The lowest BCUT2D eigenvalue weighted by Crippen LogP contribution is -2.34. The van der Waals surface area contributed by atoms with Crippen LogP contribution in [0.15, 0.2) is 69.3 Å². The Balaban J connectivity index is 1.41. The van der Waals surface area contributed by atoms with Crippen molar-refractivity contribution in [1.29, 1.82) is 0 Å². The van der Waals surface area contributed by atoms with Crippen molar-refractivity contribution in [2.24, 2.45) is 0 Å². The molecule has 0 aliphatic rings. The van der Waals surface area contributed by atoms with Gasteiger partial charge in [-0.2, -0.15) is 0 Å². The highest BCUT2D eigenvalue weighted by molar-refractivity contribution is 7.99. The third-order valence-electron chi connectivity index (χ3n) is 3.74. The van der Waals surface area contributed by atoms with Gasteiger partial charge in [0.1, 0.15) is 6.33 Å². The van der Waals surface area contributed by atoms with Crippen molar-refractivity contribution in [2.75, 3.05) is 11.2 Å². The number of hydrogen-bond acceptors (Lipinski definition) is 7. The second kappa shape index (κ2) is 7.83. The van der Waals surface area contributed by atoms with E-state index in [1.807, 2.05) is 0 Å². The number of nitrogens with zero attached hydrogens (tertiary/aromatic N) is 4. The smallest absolute Gasteiger partial charge is 0.280 e. The molecule has 28 heavy (non-hydrogen) atoms. The number of nitrogens with one attached hydrogen (secondary N) is 1. The molecule has 0 bridgehead atoms. The molecule has 0 unspecified atom stereocenters. The van der Waals surface area contributed by atoms with Gasteiger partial charge < -0.3 is 4.42 Å². The second-order valence-electron chi connectivity index (χ2n) is 5.64. The zero-order valence-corrected chi connectivity index (χ0v) is 15.8. The number of halogens is 1. The van der Waals surface area contributed by atoms with Crippen molar-refractivity contribution in [3.8, 4) is 11.5 Å². The van der Waals surface area contributed by atoms with Crippen LogP contribution in [-0.2, 0) is 4.79 Å². The average molecular weight is 414 g/mol. The molecule has 8 nitrogen and oxygen atoms in total. The van der Waals surface area contributed by atoms with E-state index in [2.05, 4.69) is 20.6 Å². The van der Waals surface area contributed by atoms with E-state index >= 15 is 0 Å².